The third-order valence-corrected chi connectivity index (χ3v) is 9.35. The first-order chi connectivity index (χ1) is 17.0. The smallest absolute Gasteiger partial charge is 0.260 e. The van der Waals surface area contributed by atoms with Crippen LogP contribution in [0.15, 0.2) is 58.2 Å². The molecule has 2 aromatic carbocycles. The van der Waals surface area contributed by atoms with Crippen LogP contribution in [0.5, 0.6) is 0 Å². The molecule has 3 aromatic rings. The lowest BCUT2D eigenvalue weighted by Gasteiger charge is -2.29. The number of carbonyl (C=O) groups excluding carboxylic acids is 2. The molecule has 2 aliphatic heterocycles. The molecule has 5 rings (SSSR count). The Kier molecular flexibility index (Phi) is 6.53. The molecular formula is C24H21BrCl2N4O4S. The molecular weight excluding hydrogens is 591 g/mol. The van der Waals surface area contributed by atoms with Gasteiger partial charge < -0.3 is 0 Å². The van der Waals surface area contributed by atoms with Crippen LogP contribution in [-0.2, 0) is 31.6 Å². The Labute approximate surface area is 227 Å². The molecule has 0 saturated carbocycles. The molecule has 1 fully saturated rings. The number of Topliss-reactive ketones (excluding diaryl/α,β-unsaturated/α-hetero) is 1. The number of hydrogen-bond donors (Lipinski definition) is 0. The number of anilines is 2. The van der Waals surface area contributed by atoms with Crippen molar-refractivity contribution in [1.29, 1.82) is 0 Å². The van der Waals surface area contributed by atoms with E-state index >= 15 is 0 Å². The normalized spacial score (nSPS) is 20.7. The highest BCUT2D eigenvalue weighted by Gasteiger charge is 2.52. The van der Waals surface area contributed by atoms with Crippen molar-refractivity contribution in [3.63, 3.8) is 0 Å². The summed E-state index contributed by atoms with van der Waals surface area (Å²) in [6.07, 6.45) is 1.80. The number of fused-ring (bicyclic) bond motifs is 1. The molecule has 8 nitrogen and oxygen atoms in total. The lowest BCUT2D eigenvalue weighted by molar-refractivity contribution is -0.124. The van der Waals surface area contributed by atoms with Gasteiger partial charge in [-0.3, -0.25) is 14.2 Å². The quantitative estimate of drug-likeness (QED) is 0.407. The molecule has 0 N–H and O–H groups in total. The van der Waals surface area contributed by atoms with Crippen LogP contribution < -0.4 is 4.90 Å². The zero-order valence-electron chi connectivity index (χ0n) is 19.1. The van der Waals surface area contributed by atoms with Crippen LogP contribution in [0.2, 0.25) is 10.0 Å². The molecule has 0 bridgehead atoms. The average molecular weight is 612 g/mol. The van der Waals surface area contributed by atoms with Gasteiger partial charge in [-0.15, -0.1) is 0 Å². The number of imidazole rings is 1. The van der Waals surface area contributed by atoms with Crippen molar-refractivity contribution in [2.45, 2.75) is 36.8 Å². The number of benzene rings is 2. The minimum atomic E-state index is -4.04. The Hall–Kier alpha value is -2.24. The van der Waals surface area contributed by atoms with E-state index in [0.717, 1.165) is 10.0 Å². The molecule has 1 unspecified atom stereocenters. The van der Waals surface area contributed by atoms with Crippen LogP contribution >= 0.6 is 39.1 Å². The van der Waals surface area contributed by atoms with Crippen molar-refractivity contribution in [3.05, 3.63) is 68.7 Å². The van der Waals surface area contributed by atoms with Gasteiger partial charge >= 0.3 is 0 Å². The van der Waals surface area contributed by atoms with Crippen molar-refractivity contribution in [3.8, 4) is 0 Å². The Bertz CT molecular complexity index is 1460. The van der Waals surface area contributed by atoms with Gasteiger partial charge in [0.25, 0.3) is 15.9 Å². The highest BCUT2D eigenvalue weighted by Crippen LogP contribution is 2.45. The largest absolute Gasteiger partial charge is 0.300 e. The van der Waals surface area contributed by atoms with Crippen LogP contribution in [0.3, 0.4) is 0 Å². The van der Waals surface area contributed by atoms with E-state index in [-0.39, 0.29) is 55.0 Å². The van der Waals surface area contributed by atoms with Gasteiger partial charge in [0, 0.05) is 46.9 Å². The summed E-state index contributed by atoms with van der Waals surface area (Å²) in [5, 5.41) is 0.557. The lowest BCUT2D eigenvalue weighted by Crippen LogP contribution is -2.44. The maximum absolute atomic E-state index is 14.1. The number of sulfonamides is 1. The first kappa shape index (κ1) is 25.4. The molecule has 12 heteroatoms. The Morgan fingerprint density at radius 1 is 1.03 bits per heavy atom. The number of amides is 1. The molecule has 0 radical (unpaired) electrons. The average Bonchev–Trinajstić information content (AvgIpc) is 3.34. The fourth-order valence-electron chi connectivity index (χ4n) is 4.72. The predicted molar refractivity (Wildman–Crippen MR) is 140 cm³/mol. The molecule has 1 saturated heterocycles. The first-order valence-electron chi connectivity index (χ1n) is 11.2. The summed E-state index contributed by atoms with van der Waals surface area (Å²) < 4.78 is 31.1. The van der Waals surface area contributed by atoms with Gasteiger partial charge in [-0.05, 0) is 42.8 Å². The third kappa shape index (κ3) is 4.28. The number of halogens is 3. The van der Waals surface area contributed by atoms with Crippen LogP contribution in [-0.4, -0.2) is 47.1 Å². The highest BCUT2D eigenvalue weighted by molar-refractivity contribution is 9.10. The Morgan fingerprint density at radius 3 is 2.25 bits per heavy atom. The minimum absolute atomic E-state index is 0.0271. The number of ketones is 1. The number of rotatable bonds is 5. The molecule has 0 aliphatic carbocycles. The van der Waals surface area contributed by atoms with Crippen molar-refractivity contribution >= 4 is 72.5 Å². The Morgan fingerprint density at radius 2 is 1.64 bits per heavy atom. The number of hydrogen-bond acceptors (Lipinski definition) is 5. The summed E-state index contributed by atoms with van der Waals surface area (Å²) in [4.78, 5) is 31.5. The van der Waals surface area contributed by atoms with Crippen LogP contribution in [0.4, 0.5) is 11.6 Å². The van der Waals surface area contributed by atoms with Gasteiger partial charge in [-0.1, -0.05) is 51.3 Å². The number of piperidine rings is 1. The van der Waals surface area contributed by atoms with Crippen molar-refractivity contribution < 1.29 is 18.0 Å². The van der Waals surface area contributed by atoms with E-state index in [1.54, 1.807) is 25.1 Å². The number of carbonyl (C=O) groups is 2. The van der Waals surface area contributed by atoms with E-state index in [1.165, 1.54) is 20.0 Å². The minimum Gasteiger partial charge on any atom is -0.300 e. The lowest BCUT2D eigenvalue weighted by atomic mass is 9.92. The van der Waals surface area contributed by atoms with E-state index in [2.05, 4.69) is 20.9 Å². The summed E-state index contributed by atoms with van der Waals surface area (Å²) in [5.41, 5.74) is -0.0920. The van der Waals surface area contributed by atoms with Crippen LogP contribution in [0.25, 0.3) is 0 Å². The highest BCUT2D eigenvalue weighted by atomic mass is 79.9. The van der Waals surface area contributed by atoms with Gasteiger partial charge in [0.1, 0.15) is 11.3 Å². The van der Waals surface area contributed by atoms with Crippen molar-refractivity contribution in [1.82, 2.24) is 13.9 Å². The van der Waals surface area contributed by atoms with E-state index < -0.39 is 15.6 Å². The molecule has 3 heterocycles. The Balaban J connectivity index is 1.67. The summed E-state index contributed by atoms with van der Waals surface area (Å²) in [7, 11) is -4.04. The van der Waals surface area contributed by atoms with Crippen molar-refractivity contribution in [2.24, 2.45) is 0 Å². The summed E-state index contributed by atoms with van der Waals surface area (Å²) >= 11 is 15.9. The van der Waals surface area contributed by atoms with E-state index in [1.807, 2.05) is 24.3 Å². The first-order valence-corrected chi connectivity index (χ1v) is 14.1. The molecule has 2 aliphatic rings. The number of aromatic nitrogens is 2. The molecule has 1 atom stereocenters. The standard InChI is InChI=1S/C24H21BrCl2N4O4S/c1-24(13-15-2-4-16(25)5-3-15)22(33)30(19-11-17(26)10-18(27)12-19)23-28-14-21(31(23)24)36(34,35)29-8-6-20(32)7-9-29/h2-5,10-12,14H,6-9,13H2,1H3. The third-order valence-electron chi connectivity index (χ3n) is 6.52. The molecule has 0 spiro atoms. The topological polar surface area (TPSA) is 92.6 Å². The number of nitrogens with zero attached hydrogens (tertiary/aromatic N) is 4. The van der Waals surface area contributed by atoms with E-state index in [4.69, 9.17) is 23.2 Å². The second-order valence-corrected chi connectivity index (χ2v) is 12.7. The molecule has 36 heavy (non-hydrogen) atoms. The van der Waals surface area contributed by atoms with Gasteiger partial charge in [0.2, 0.25) is 5.95 Å². The predicted octanol–water partition coefficient (Wildman–Crippen LogP) is 4.94. The molecule has 1 amide bonds. The van der Waals surface area contributed by atoms with Gasteiger partial charge in [-0.2, -0.15) is 4.31 Å². The summed E-state index contributed by atoms with van der Waals surface area (Å²) in [5.74, 6) is -0.180. The van der Waals surface area contributed by atoms with Gasteiger partial charge in [0.15, 0.2) is 5.03 Å². The zero-order chi connectivity index (χ0) is 25.8. The molecule has 1 aromatic heterocycles. The fraction of sp³-hybridized carbons (Fsp3) is 0.292. The van der Waals surface area contributed by atoms with Gasteiger partial charge in [-0.25, -0.2) is 18.3 Å². The SMILES string of the molecule is CC1(Cc2ccc(Br)cc2)C(=O)N(c2cc(Cl)cc(Cl)c2)c2ncc(S(=O)(=O)N3CCC(=O)CC3)n21. The summed E-state index contributed by atoms with van der Waals surface area (Å²) in [6, 6.07) is 12.2. The maximum atomic E-state index is 14.1. The van der Waals surface area contributed by atoms with Crippen molar-refractivity contribution in [2.75, 3.05) is 18.0 Å². The van der Waals surface area contributed by atoms with E-state index in [9.17, 15) is 18.0 Å². The zero-order valence-corrected chi connectivity index (χ0v) is 23.0. The fourth-order valence-corrected chi connectivity index (χ4v) is 7.13. The second kappa shape index (κ2) is 9.25. The van der Waals surface area contributed by atoms with Crippen LogP contribution in [0.1, 0.15) is 25.3 Å². The van der Waals surface area contributed by atoms with Crippen LogP contribution in [0, 0.1) is 0 Å². The van der Waals surface area contributed by atoms with Gasteiger partial charge in [0.05, 0.1) is 11.9 Å². The second-order valence-electron chi connectivity index (χ2n) is 9.02. The summed E-state index contributed by atoms with van der Waals surface area (Å²) in [6.45, 7) is 1.88. The maximum Gasteiger partial charge on any atom is 0.260 e. The van der Waals surface area contributed by atoms with E-state index in [0.29, 0.717) is 15.7 Å². The molecule has 188 valence electrons. The monoisotopic (exact) mass is 610 g/mol.